The molecule has 10 heteroatoms. The Balaban J connectivity index is 2.42. The number of nitrogen functional groups attached to an aromatic ring is 1. The zero-order chi connectivity index (χ0) is 22.9. The van der Waals surface area contributed by atoms with E-state index in [1.807, 2.05) is 0 Å². The second-order valence-corrected chi connectivity index (χ2v) is 6.78. The minimum absolute atomic E-state index is 0.143. The van der Waals surface area contributed by atoms with E-state index in [-0.39, 0.29) is 41.4 Å². The third-order valence-electron chi connectivity index (χ3n) is 4.70. The largest absolute Gasteiger partial charge is 0.397 e. The van der Waals surface area contributed by atoms with Crippen LogP contribution in [0.25, 0.3) is 5.69 Å². The smallest absolute Gasteiger partial charge is 0.336 e. The van der Waals surface area contributed by atoms with Gasteiger partial charge in [0.25, 0.3) is 5.56 Å². The van der Waals surface area contributed by atoms with Gasteiger partial charge in [0.1, 0.15) is 5.69 Å². The van der Waals surface area contributed by atoms with E-state index >= 15 is 0 Å². The molecule has 3 aromatic rings. The number of pyridine rings is 1. The van der Waals surface area contributed by atoms with Crippen LogP contribution < -0.4 is 27.8 Å². The topological polar surface area (TPSA) is 112 Å². The Kier molecular flexibility index (Phi) is 5.90. The number of halogens is 2. The van der Waals surface area contributed by atoms with Gasteiger partial charge >= 0.3 is 5.69 Å². The van der Waals surface area contributed by atoms with Crippen molar-refractivity contribution in [3.8, 4) is 18.0 Å². The lowest BCUT2D eigenvalue weighted by Crippen LogP contribution is -2.45. The molecular formula is C21H20F2N6O2. The lowest BCUT2D eigenvalue weighted by Gasteiger charge is -2.25. The Morgan fingerprint density at radius 2 is 1.87 bits per heavy atom. The van der Waals surface area contributed by atoms with E-state index in [9.17, 15) is 18.4 Å². The molecule has 1 aromatic carbocycles. The van der Waals surface area contributed by atoms with Gasteiger partial charge in [-0.1, -0.05) is 12.8 Å². The molecule has 0 radical (unpaired) electrons. The van der Waals surface area contributed by atoms with Crippen molar-refractivity contribution in [3.05, 3.63) is 74.3 Å². The number of nitrogens with two attached hydrogens (primary N) is 2. The fourth-order valence-electron chi connectivity index (χ4n) is 3.30. The number of benzene rings is 1. The van der Waals surface area contributed by atoms with E-state index in [1.165, 1.54) is 10.8 Å². The highest BCUT2D eigenvalue weighted by atomic mass is 19.2. The Bertz CT molecular complexity index is 1320. The van der Waals surface area contributed by atoms with Crippen molar-refractivity contribution in [1.29, 1.82) is 0 Å². The summed E-state index contributed by atoms with van der Waals surface area (Å²) in [4.78, 5) is 30.6. The summed E-state index contributed by atoms with van der Waals surface area (Å²) in [5, 5.41) is 0.838. The molecule has 2 heterocycles. The van der Waals surface area contributed by atoms with E-state index in [1.54, 1.807) is 26.1 Å². The Morgan fingerprint density at radius 3 is 2.48 bits per heavy atom. The summed E-state index contributed by atoms with van der Waals surface area (Å²) >= 11 is 0. The van der Waals surface area contributed by atoms with E-state index in [4.69, 9.17) is 18.0 Å². The minimum atomic E-state index is -1.20. The maximum absolute atomic E-state index is 13.9. The van der Waals surface area contributed by atoms with Gasteiger partial charge in [-0.25, -0.2) is 24.0 Å². The molecular weight excluding hydrogens is 406 g/mol. The van der Waals surface area contributed by atoms with Crippen molar-refractivity contribution in [1.82, 2.24) is 14.1 Å². The summed E-state index contributed by atoms with van der Waals surface area (Å²) in [6.07, 6.45) is 8.54. The molecule has 0 fully saturated rings. The van der Waals surface area contributed by atoms with Crippen molar-refractivity contribution in [2.45, 2.75) is 26.8 Å². The second-order valence-electron chi connectivity index (χ2n) is 6.78. The summed E-state index contributed by atoms with van der Waals surface area (Å²) in [7, 11) is 0. The van der Waals surface area contributed by atoms with Crippen LogP contribution in [0.4, 0.5) is 25.8 Å². The molecule has 0 amide bonds. The van der Waals surface area contributed by atoms with Gasteiger partial charge < -0.3 is 5.73 Å². The number of terminal acetylenes is 1. The number of nitrogens with zero attached hydrogens (tertiary/aromatic N) is 4. The molecule has 0 saturated heterocycles. The van der Waals surface area contributed by atoms with Gasteiger partial charge in [-0.15, -0.1) is 6.42 Å². The number of hydrazine groups is 1. The summed E-state index contributed by atoms with van der Waals surface area (Å²) in [5.41, 5.74) is 4.99. The number of rotatable bonds is 5. The van der Waals surface area contributed by atoms with Crippen LogP contribution in [-0.2, 0) is 13.0 Å². The van der Waals surface area contributed by atoms with E-state index < -0.39 is 22.9 Å². The van der Waals surface area contributed by atoms with Crippen LogP contribution >= 0.6 is 0 Å². The number of anilines is 3. The zero-order valence-electron chi connectivity index (χ0n) is 16.9. The van der Waals surface area contributed by atoms with Crippen molar-refractivity contribution in [2.24, 2.45) is 5.84 Å². The van der Waals surface area contributed by atoms with Crippen LogP contribution in [0.2, 0.25) is 0 Å². The highest BCUT2D eigenvalue weighted by Crippen LogP contribution is 2.30. The SMILES string of the molecule is C#CCn1c(CC)c(N(N)c2cc(F)c(F)cc2N)c(=O)n(-c2cncc(C)c2)c1=O. The highest BCUT2D eigenvalue weighted by molar-refractivity contribution is 5.74. The average molecular weight is 426 g/mol. The fraction of sp³-hybridized carbons (Fsp3) is 0.190. The molecule has 0 saturated carbocycles. The molecule has 0 atom stereocenters. The minimum Gasteiger partial charge on any atom is -0.397 e. The van der Waals surface area contributed by atoms with Gasteiger partial charge in [-0.3, -0.25) is 19.4 Å². The molecule has 2 aromatic heterocycles. The van der Waals surface area contributed by atoms with Crippen LogP contribution in [0.1, 0.15) is 18.2 Å². The second kappa shape index (κ2) is 8.41. The van der Waals surface area contributed by atoms with Crippen LogP contribution in [0.5, 0.6) is 0 Å². The summed E-state index contributed by atoms with van der Waals surface area (Å²) in [6, 6.07) is 3.13. The predicted octanol–water partition coefficient (Wildman–Crippen LogP) is 1.77. The molecule has 0 unspecified atom stereocenters. The lowest BCUT2D eigenvalue weighted by molar-refractivity contribution is 0.509. The maximum Gasteiger partial charge on any atom is 0.336 e. The first-order valence-corrected chi connectivity index (χ1v) is 9.24. The zero-order valence-corrected chi connectivity index (χ0v) is 16.9. The monoisotopic (exact) mass is 426 g/mol. The Morgan fingerprint density at radius 1 is 1.19 bits per heavy atom. The molecule has 0 bridgehead atoms. The lowest BCUT2D eigenvalue weighted by atomic mass is 10.2. The van der Waals surface area contributed by atoms with Gasteiger partial charge in [-0.2, -0.15) is 0 Å². The maximum atomic E-state index is 13.9. The van der Waals surface area contributed by atoms with Crippen molar-refractivity contribution >= 4 is 17.1 Å². The third kappa shape index (κ3) is 3.78. The van der Waals surface area contributed by atoms with Gasteiger partial charge in [0.2, 0.25) is 0 Å². The fourth-order valence-corrected chi connectivity index (χ4v) is 3.30. The molecule has 31 heavy (non-hydrogen) atoms. The third-order valence-corrected chi connectivity index (χ3v) is 4.70. The van der Waals surface area contributed by atoms with Crippen LogP contribution in [0.15, 0.2) is 40.2 Å². The van der Waals surface area contributed by atoms with Crippen molar-refractivity contribution in [3.63, 3.8) is 0 Å². The van der Waals surface area contributed by atoms with E-state index in [0.717, 1.165) is 21.7 Å². The molecule has 0 aliphatic carbocycles. The summed E-state index contributed by atoms with van der Waals surface area (Å²) in [6.45, 7) is 3.31. The predicted molar refractivity (Wildman–Crippen MR) is 114 cm³/mol. The molecule has 160 valence electrons. The Labute approximate surface area is 176 Å². The molecule has 8 nitrogen and oxygen atoms in total. The van der Waals surface area contributed by atoms with E-state index in [2.05, 4.69) is 10.9 Å². The number of aromatic nitrogens is 3. The number of aryl methyl sites for hydroxylation is 1. The van der Waals surface area contributed by atoms with Crippen molar-refractivity contribution < 1.29 is 8.78 Å². The molecule has 0 aliphatic heterocycles. The van der Waals surface area contributed by atoms with Gasteiger partial charge in [0.15, 0.2) is 11.6 Å². The van der Waals surface area contributed by atoms with Crippen molar-refractivity contribution in [2.75, 3.05) is 10.7 Å². The first-order chi connectivity index (χ1) is 14.7. The molecule has 0 spiro atoms. The van der Waals surface area contributed by atoms with Crippen LogP contribution in [0.3, 0.4) is 0 Å². The normalized spacial score (nSPS) is 10.7. The quantitative estimate of drug-likeness (QED) is 0.278. The molecule has 4 N–H and O–H groups in total. The summed E-state index contributed by atoms with van der Waals surface area (Å²) < 4.78 is 29.5. The first kappa shape index (κ1) is 21.7. The van der Waals surface area contributed by atoms with E-state index in [0.29, 0.717) is 5.56 Å². The van der Waals surface area contributed by atoms with Crippen LogP contribution in [-0.4, -0.2) is 14.1 Å². The Hall–Kier alpha value is -3.97. The number of hydrogen-bond donors (Lipinski definition) is 2. The van der Waals surface area contributed by atoms with Crippen LogP contribution in [0, 0.1) is 30.9 Å². The first-order valence-electron chi connectivity index (χ1n) is 9.24. The average Bonchev–Trinajstić information content (AvgIpc) is 2.72. The molecule has 0 aliphatic rings. The standard InChI is InChI=1S/C21H20F2N6O2/c1-4-6-27-17(5-2)19(29(25)18-9-15(23)14(22)8-16(18)24)20(30)28(21(27)31)13-7-12(3)10-26-11-13/h1,7-11H,5-6,24-25H2,2-3H3. The highest BCUT2D eigenvalue weighted by Gasteiger charge is 2.25. The molecule has 3 rings (SSSR count). The van der Waals surface area contributed by atoms with Gasteiger partial charge in [-0.05, 0) is 25.0 Å². The summed E-state index contributed by atoms with van der Waals surface area (Å²) in [5.74, 6) is 6.20. The van der Waals surface area contributed by atoms with Gasteiger partial charge in [0, 0.05) is 18.3 Å². The number of hydrogen-bond acceptors (Lipinski definition) is 6. The van der Waals surface area contributed by atoms with Gasteiger partial charge in [0.05, 0.1) is 35.5 Å².